The van der Waals surface area contributed by atoms with Crippen LogP contribution in [-0.4, -0.2) is 15.2 Å². The predicted octanol–water partition coefficient (Wildman–Crippen LogP) is 1.33. The van der Waals surface area contributed by atoms with Gasteiger partial charge in [0.25, 0.3) is 0 Å². The van der Waals surface area contributed by atoms with Crippen LogP contribution in [0.2, 0.25) is 0 Å². The highest BCUT2D eigenvalue weighted by Crippen LogP contribution is 2.16. The van der Waals surface area contributed by atoms with E-state index in [9.17, 15) is 8.78 Å². The molecule has 0 radical (unpaired) electrons. The first-order valence-electron chi connectivity index (χ1n) is 4.71. The maximum Gasteiger partial charge on any atom is 0.141 e. The monoisotopic (exact) mass is 224 g/mol. The van der Waals surface area contributed by atoms with Crippen LogP contribution in [0.3, 0.4) is 0 Å². The van der Waals surface area contributed by atoms with Gasteiger partial charge in [-0.2, -0.15) is 5.10 Å². The number of H-pyrrole nitrogens is 1. The van der Waals surface area contributed by atoms with E-state index in [1.54, 1.807) is 0 Å². The maximum absolute atomic E-state index is 13.3. The summed E-state index contributed by atoms with van der Waals surface area (Å²) >= 11 is 0. The average Bonchev–Trinajstić information content (AvgIpc) is 2.75. The van der Waals surface area contributed by atoms with E-state index in [0.717, 1.165) is 6.07 Å². The van der Waals surface area contributed by atoms with Crippen molar-refractivity contribution in [2.75, 3.05) is 0 Å². The van der Waals surface area contributed by atoms with E-state index in [1.165, 1.54) is 18.5 Å². The summed E-state index contributed by atoms with van der Waals surface area (Å²) in [6, 6.07) is 2.93. The molecule has 0 aliphatic carbocycles. The Balaban J connectivity index is 2.15. The molecule has 16 heavy (non-hydrogen) atoms. The Hall–Kier alpha value is -1.82. The van der Waals surface area contributed by atoms with Crippen molar-refractivity contribution in [3.63, 3.8) is 0 Å². The lowest BCUT2D eigenvalue weighted by Crippen LogP contribution is -2.15. The lowest BCUT2D eigenvalue weighted by atomic mass is 10.1. The van der Waals surface area contributed by atoms with Gasteiger partial charge in [-0.1, -0.05) is 6.07 Å². The molecule has 0 fully saturated rings. The standard InChI is InChI=1S/C10H10F2N4/c11-7-2-1-6(8(12)4-7)3-9(13)10-14-5-15-16-10/h1-2,4-5,9H,3,13H2,(H,14,15,16). The number of halogens is 2. The normalized spacial score (nSPS) is 12.7. The Labute approximate surface area is 90.5 Å². The average molecular weight is 224 g/mol. The van der Waals surface area contributed by atoms with E-state index >= 15 is 0 Å². The largest absolute Gasteiger partial charge is 0.321 e. The fourth-order valence-corrected chi connectivity index (χ4v) is 1.41. The number of aromatic nitrogens is 3. The Morgan fingerprint density at radius 3 is 2.81 bits per heavy atom. The zero-order chi connectivity index (χ0) is 11.5. The van der Waals surface area contributed by atoms with E-state index in [0.29, 0.717) is 11.4 Å². The lowest BCUT2D eigenvalue weighted by molar-refractivity contribution is 0.559. The van der Waals surface area contributed by atoms with Gasteiger partial charge in [0.2, 0.25) is 0 Å². The number of hydrogen-bond donors (Lipinski definition) is 2. The molecule has 6 heteroatoms. The molecule has 1 aromatic heterocycles. The molecule has 0 aliphatic rings. The van der Waals surface area contributed by atoms with Crippen molar-refractivity contribution in [1.29, 1.82) is 0 Å². The number of benzene rings is 1. The van der Waals surface area contributed by atoms with Crippen LogP contribution in [0.25, 0.3) is 0 Å². The topological polar surface area (TPSA) is 67.6 Å². The molecule has 4 nitrogen and oxygen atoms in total. The molecule has 1 unspecified atom stereocenters. The van der Waals surface area contributed by atoms with Crippen molar-refractivity contribution in [1.82, 2.24) is 15.2 Å². The maximum atomic E-state index is 13.3. The highest BCUT2D eigenvalue weighted by molar-refractivity contribution is 5.20. The first kappa shape index (κ1) is 10.7. The Kier molecular flexibility index (Phi) is 2.91. The first-order valence-corrected chi connectivity index (χ1v) is 4.71. The predicted molar refractivity (Wildman–Crippen MR) is 53.4 cm³/mol. The molecule has 0 amide bonds. The Bertz CT molecular complexity index is 470. The smallest absolute Gasteiger partial charge is 0.141 e. The molecule has 1 atom stereocenters. The zero-order valence-corrected chi connectivity index (χ0v) is 8.32. The summed E-state index contributed by atoms with van der Waals surface area (Å²) in [5.41, 5.74) is 6.14. The minimum Gasteiger partial charge on any atom is -0.321 e. The van der Waals surface area contributed by atoms with Crippen molar-refractivity contribution in [2.24, 2.45) is 5.73 Å². The summed E-state index contributed by atoms with van der Waals surface area (Å²) in [5.74, 6) is -0.729. The fraction of sp³-hybridized carbons (Fsp3) is 0.200. The van der Waals surface area contributed by atoms with E-state index in [2.05, 4.69) is 15.2 Å². The lowest BCUT2D eigenvalue weighted by Gasteiger charge is -2.08. The van der Waals surface area contributed by atoms with E-state index in [4.69, 9.17) is 5.73 Å². The van der Waals surface area contributed by atoms with Crippen molar-refractivity contribution < 1.29 is 8.78 Å². The molecule has 1 heterocycles. The molecule has 3 N–H and O–H groups in total. The minimum absolute atomic E-state index is 0.237. The molecule has 0 saturated carbocycles. The van der Waals surface area contributed by atoms with Gasteiger partial charge in [-0.3, -0.25) is 5.10 Å². The second-order valence-electron chi connectivity index (χ2n) is 3.42. The quantitative estimate of drug-likeness (QED) is 0.826. The third-order valence-corrected chi connectivity index (χ3v) is 2.24. The van der Waals surface area contributed by atoms with E-state index < -0.39 is 17.7 Å². The third-order valence-electron chi connectivity index (χ3n) is 2.24. The number of hydrogen-bond acceptors (Lipinski definition) is 3. The molecule has 0 bridgehead atoms. The number of nitrogens with two attached hydrogens (primary N) is 1. The molecule has 0 saturated heterocycles. The summed E-state index contributed by atoms with van der Waals surface area (Å²) in [4.78, 5) is 3.87. The molecular weight excluding hydrogens is 214 g/mol. The zero-order valence-electron chi connectivity index (χ0n) is 8.32. The van der Waals surface area contributed by atoms with Gasteiger partial charge in [0.15, 0.2) is 0 Å². The summed E-state index contributed by atoms with van der Waals surface area (Å²) in [7, 11) is 0. The van der Waals surface area contributed by atoms with Crippen molar-refractivity contribution in [3.05, 3.63) is 47.5 Å². The van der Waals surface area contributed by atoms with Gasteiger partial charge in [0.05, 0.1) is 6.04 Å². The minimum atomic E-state index is -0.602. The van der Waals surface area contributed by atoms with Gasteiger partial charge >= 0.3 is 0 Å². The van der Waals surface area contributed by atoms with Crippen LogP contribution in [0.4, 0.5) is 8.78 Å². The Morgan fingerprint density at radius 1 is 1.38 bits per heavy atom. The highest BCUT2D eigenvalue weighted by Gasteiger charge is 2.13. The third kappa shape index (κ3) is 2.22. The molecular formula is C10H10F2N4. The number of rotatable bonds is 3. The molecule has 1 aromatic carbocycles. The van der Waals surface area contributed by atoms with Crippen molar-refractivity contribution in [2.45, 2.75) is 12.5 Å². The van der Waals surface area contributed by atoms with Gasteiger partial charge in [-0.15, -0.1) is 0 Å². The summed E-state index contributed by atoms with van der Waals surface area (Å²) < 4.78 is 26.0. The number of nitrogens with one attached hydrogen (secondary N) is 1. The van der Waals surface area contributed by atoms with Crippen LogP contribution in [0.5, 0.6) is 0 Å². The summed E-state index contributed by atoms with van der Waals surface area (Å²) in [5, 5.41) is 6.26. The second kappa shape index (κ2) is 4.36. The van der Waals surface area contributed by atoms with Crippen LogP contribution in [0.1, 0.15) is 17.4 Å². The van der Waals surface area contributed by atoms with Crippen LogP contribution >= 0.6 is 0 Å². The second-order valence-corrected chi connectivity index (χ2v) is 3.42. The van der Waals surface area contributed by atoms with Gasteiger partial charge in [0.1, 0.15) is 23.8 Å². The van der Waals surface area contributed by atoms with Crippen LogP contribution < -0.4 is 5.73 Å². The van der Waals surface area contributed by atoms with Crippen LogP contribution in [0.15, 0.2) is 24.5 Å². The molecule has 0 spiro atoms. The molecule has 2 rings (SSSR count). The number of aromatic amines is 1. The van der Waals surface area contributed by atoms with Crippen LogP contribution in [0, 0.1) is 11.6 Å². The van der Waals surface area contributed by atoms with Crippen LogP contribution in [-0.2, 0) is 6.42 Å². The summed E-state index contributed by atoms with van der Waals surface area (Å²) in [6.45, 7) is 0. The SMILES string of the molecule is NC(Cc1ccc(F)cc1F)c1ncn[nH]1. The van der Waals surface area contributed by atoms with Gasteiger partial charge < -0.3 is 5.73 Å². The van der Waals surface area contributed by atoms with Gasteiger partial charge in [-0.25, -0.2) is 13.8 Å². The fourth-order valence-electron chi connectivity index (χ4n) is 1.41. The van der Waals surface area contributed by atoms with E-state index in [1.807, 2.05) is 0 Å². The van der Waals surface area contributed by atoms with Gasteiger partial charge in [-0.05, 0) is 18.1 Å². The number of nitrogens with zero attached hydrogens (tertiary/aromatic N) is 2. The Morgan fingerprint density at radius 2 is 2.19 bits per heavy atom. The molecule has 84 valence electrons. The van der Waals surface area contributed by atoms with Crippen molar-refractivity contribution >= 4 is 0 Å². The molecule has 0 aliphatic heterocycles. The molecule has 2 aromatic rings. The van der Waals surface area contributed by atoms with Gasteiger partial charge in [0, 0.05) is 6.07 Å². The highest BCUT2D eigenvalue weighted by atomic mass is 19.1. The van der Waals surface area contributed by atoms with Crippen molar-refractivity contribution in [3.8, 4) is 0 Å². The summed E-state index contributed by atoms with van der Waals surface area (Å²) in [6.07, 6.45) is 1.57. The first-order chi connectivity index (χ1) is 7.66. The van der Waals surface area contributed by atoms with E-state index in [-0.39, 0.29) is 6.42 Å².